The highest BCUT2D eigenvalue weighted by Gasteiger charge is 2.22. The van der Waals surface area contributed by atoms with Gasteiger partial charge in [-0.2, -0.15) is 5.21 Å². The van der Waals surface area contributed by atoms with Crippen LogP contribution in [0, 0.1) is 0 Å². The number of rotatable bonds is 6. The van der Waals surface area contributed by atoms with Crippen LogP contribution in [0.15, 0.2) is 41.5 Å². The van der Waals surface area contributed by atoms with E-state index in [1.807, 2.05) is 12.1 Å². The molecule has 0 fully saturated rings. The van der Waals surface area contributed by atoms with Crippen LogP contribution in [0.5, 0.6) is 0 Å². The first-order valence-corrected chi connectivity index (χ1v) is 6.48. The topological polar surface area (TPSA) is 115 Å². The number of carbonyl (C=O) groups excluding carboxylic acids is 2. The van der Waals surface area contributed by atoms with Gasteiger partial charge in [0.05, 0.1) is 12.5 Å². The van der Waals surface area contributed by atoms with Crippen molar-refractivity contribution >= 4 is 11.6 Å². The Morgan fingerprint density at radius 1 is 1.14 bits per heavy atom. The Morgan fingerprint density at radius 2 is 1.91 bits per heavy atom. The molecule has 0 bridgehead atoms. The third-order valence-corrected chi connectivity index (χ3v) is 3.13. The van der Waals surface area contributed by atoms with Crippen LogP contribution in [0.2, 0.25) is 0 Å². The molecule has 1 N–H and O–H groups in total. The van der Waals surface area contributed by atoms with Gasteiger partial charge in [0.25, 0.3) is 5.78 Å². The van der Waals surface area contributed by atoms with Gasteiger partial charge in [0.1, 0.15) is 0 Å². The van der Waals surface area contributed by atoms with Crippen molar-refractivity contribution in [2.45, 2.75) is 12.8 Å². The smallest absolute Gasteiger partial charge is 0.269 e. The fourth-order valence-corrected chi connectivity index (χ4v) is 2.02. The van der Waals surface area contributed by atoms with Gasteiger partial charge in [0, 0.05) is 30.8 Å². The summed E-state index contributed by atoms with van der Waals surface area (Å²) in [4.78, 5) is 27.8. The number of tetrazole rings is 1. The molecule has 3 heterocycles. The Balaban J connectivity index is 1.72. The van der Waals surface area contributed by atoms with E-state index in [1.165, 1.54) is 6.26 Å². The highest BCUT2D eigenvalue weighted by Crippen LogP contribution is 2.16. The van der Waals surface area contributed by atoms with E-state index in [-0.39, 0.29) is 12.2 Å². The highest BCUT2D eigenvalue weighted by atomic mass is 16.3. The summed E-state index contributed by atoms with van der Waals surface area (Å²) in [6.45, 7) is 0. The van der Waals surface area contributed by atoms with Gasteiger partial charge < -0.3 is 4.42 Å². The first-order valence-electron chi connectivity index (χ1n) is 6.48. The molecule has 0 radical (unpaired) electrons. The summed E-state index contributed by atoms with van der Waals surface area (Å²) in [6.07, 6.45) is 6.96. The molecule has 0 amide bonds. The number of carbonyl (C=O) groups is 2. The average molecular weight is 297 g/mol. The minimum atomic E-state index is -0.773. The number of hydrogen-bond acceptors (Lipinski definition) is 7. The van der Waals surface area contributed by atoms with Gasteiger partial charge in [-0.25, -0.2) is 0 Å². The first kappa shape index (κ1) is 13.8. The first-order chi connectivity index (χ1) is 10.7. The number of nitrogens with zero attached hydrogens (tertiary/aromatic N) is 4. The molecule has 3 aromatic rings. The fourth-order valence-electron chi connectivity index (χ4n) is 2.02. The monoisotopic (exact) mass is 297 g/mol. The summed E-state index contributed by atoms with van der Waals surface area (Å²) in [5, 5.41) is 12.4. The third-order valence-electron chi connectivity index (χ3n) is 3.13. The zero-order valence-corrected chi connectivity index (χ0v) is 11.4. The van der Waals surface area contributed by atoms with Crippen molar-refractivity contribution in [3.05, 3.63) is 59.6 Å². The van der Waals surface area contributed by atoms with Gasteiger partial charge in [-0.05, 0) is 28.5 Å². The molecule has 0 aliphatic rings. The Hall–Kier alpha value is -3.16. The van der Waals surface area contributed by atoms with Gasteiger partial charge in [0.2, 0.25) is 11.6 Å². The number of furan rings is 1. The number of hydrogen-bond donors (Lipinski definition) is 1. The summed E-state index contributed by atoms with van der Waals surface area (Å²) in [5.74, 6) is -1.62. The molecule has 0 aromatic carbocycles. The molecule has 8 heteroatoms. The molecule has 22 heavy (non-hydrogen) atoms. The number of ketones is 2. The lowest BCUT2D eigenvalue weighted by Crippen LogP contribution is -2.18. The molecule has 0 atom stereocenters. The largest absolute Gasteiger partial charge is 0.472 e. The van der Waals surface area contributed by atoms with E-state index in [4.69, 9.17) is 4.42 Å². The van der Waals surface area contributed by atoms with Crippen LogP contribution >= 0.6 is 0 Å². The molecule has 0 unspecified atom stereocenters. The standard InChI is InChI=1S/C14H11N5O3/c20-12(13(21)14-16-18-19-17-14)6-11-8-22-7-10(11)5-9-1-3-15-4-2-9/h1-4,7-8H,5-6H2,(H,16,17,18,19). The van der Waals surface area contributed by atoms with E-state index >= 15 is 0 Å². The minimum Gasteiger partial charge on any atom is -0.472 e. The maximum atomic E-state index is 12.0. The second-order valence-electron chi connectivity index (χ2n) is 4.62. The Kier molecular flexibility index (Phi) is 3.82. The SMILES string of the molecule is O=C(Cc1cocc1Cc1ccncc1)C(=O)c1nn[nH]n1. The number of aromatic nitrogens is 5. The molecular weight excluding hydrogens is 286 g/mol. The van der Waals surface area contributed by atoms with Crippen LogP contribution < -0.4 is 0 Å². The van der Waals surface area contributed by atoms with E-state index < -0.39 is 11.6 Å². The second kappa shape index (κ2) is 6.08. The van der Waals surface area contributed by atoms with Gasteiger partial charge in [-0.1, -0.05) is 0 Å². The van der Waals surface area contributed by atoms with Gasteiger partial charge >= 0.3 is 0 Å². The molecular formula is C14H11N5O3. The zero-order chi connectivity index (χ0) is 15.4. The van der Waals surface area contributed by atoms with Crippen LogP contribution in [-0.2, 0) is 17.6 Å². The summed E-state index contributed by atoms with van der Waals surface area (Å²) < 4.78 is 5.16. The molecule has 0 aliphatic heterocycles. The highest BCUT2D eigenvalue weighted by molar-refractivity contribution is 6.43. The molecule has 0 spiro atoms. The lowest BCUT2D eigenvalue weighted by atomic mass is 10.0. The lowest BCUT2D eigenvalue weighted by molar-refractivity contribution is -0.114. The average Bonchev–Trinajstić information content (AvgIpc) is 3.20. The molecule has 3 aromatic heterocycles. The molecule has 0 aliphatic carbocycles. The van der Waals surface area contributed by atoms with Crippen molar-refractivity contribution in [1.82, 2.24) is 25.6 Å². The van der Waals surface area contributed by atoms with Crippen LogP contribution in [-0.4, -0.2) is 37.2 Å². The van der Waals surface area contributed by atoms with Gasteiger partial charge in [-0.3, -0.25) is 14.6 Å². The summed E-state index contributed by atoms with van der Waals surface area (Å²) in [5.41, 5.74) is 2.55. The predicted octanol–water partition coefficient (Wildman–Crippen LogP) is 0.773. The van der Waals surface area contributed by atoms with Crippen molar-refractivity contribution in [3.8, 4) is 0 Å². The second-order valence-corrected chi connectivity index (χ2v) is 4.62. The third kappa shape index (κ3) is 2.95. The Bertz CT molecular complexity index is 780. The Labute approximate surface area is 124 Å². The van der Waals surface area contributed by atoms with Crippen molar-refractivity contribution in [1.29, 1.82) is 0 Å². The Morgan fingerprint density at radius 3 is 2.64 bits per heavy atom. The molecule has 0 saturated carbocycles. The van der Waals surface area contributed by atoms with Crippen molar-refractivity contribution in [3.63, 3.8) is 0 Å². The van der Waals surface area contributed by atoms with E-state index in [9.17, 15) is 9.59 Å². The fraction of sp³-hybridized carbons (Fsp3) is 0.143. The number of Topliss-reactive ketones (excluding diaryl/α,β-unsaturated/α-hetero) is 2. The summed E-state index contributed by atoms with van der Waals surface area (Å²) in [7, 11) is 0. The van der Waals surface area contributed by atoms with Crippen molar-refractivity contribution in [2.24, 2.45) is 0 Å². The van der Waals surface area contributed by atoms with E-state index in [1.54, 1.807) is 18.7 Å². The maximum absolute atomic E-state index is 12.0. The number of aromatic amines is 1. The van der Waals surface area contributed by atoms with Crippen LogP contribution in [0.3, 0.4) is 0 Å². The zero-order valence-electron chi connectivity index (χ0n) is 11.4. The molecule has 8 nitrogen and oxygen atoms in total. The lowest BCUT2D eigenvalue weighted by Gasteiger charge is -2.01. The minimum absolute atomic E-state index is 0.0652. The number of pyridine rings is 1. The van der Waals surface area contributed by atoms with Crippen LogP contribution in [0.4, 0.5) is 0 Å². The van der Waals surface area contributed by atoms with Crippen LogP contribution in [0.25, 0.3) is 0 Å². The normalized spacial score (nSPS) is 10.5. The molecule has 0 saturated heterocycles. The van der Waals surface area contributed by atoms with E-state index in [0.29, 0.717) is 12.0 Å². The molecule has 3 rings (SSSR count). The summed E-state index contributed by atoms with van der Waals surface area (Å²) >= 11 is 0. The van der Waals surface area contributed by atoms with E-state index in [2.05, 4.69) is 25.6 Å². The van der Waals surface area contributed by atoms with E-state index in [0.717, 1.165) is 11.1 Å². The van der Waals surface area contributed by atoms with Crippen molar-refractivity contribution in [2.75, 3.05) is 0 Å². The van der Waals surface area contributed by atoms with Crippen LogP contribution in [0.1, 0.15) is 27.3 Å². The maximum Gasteiger partial charge on any atom is 0.269 e. The predicted molar refractivity (Wildman–Crippen MR) is 73.0 cm³/mol. The van der Waals surface area contributed by atoms with Crippen molar-refractivity contribution < 1.29 is 14.0 Å². The summed E-state index contributed by atoms with van der Waals surface area (Å²) in [6, 6.07) is 3.76. The van der Waals surface area contributed by atoms with Gasteiger partial charge in [-0.15, -0.1) is 10.2 Å². The number of nitrogens with one attached hydrogen (secondary N) is 1. The van der Waals surface area contributed by atoms with Gasteiger partial charge in [0.15, 0.2) is 0 Å². The number of H-pyrrole nitrogens is 1. The quantitative estimate of drug-likeness (QED) is 0.528. The molecule has 110 valence electrons.